The van der Waals surface area contributed by atoms with E-state index in [4.69, 9.17) is 14.2 Å². The number of amides is 2. The number of ether oxygens (including phenoxy) is 3. The second-order valence-electron chi connectivity index (χ2n) is 8.18. The van der Waals surface area contributed by atoms with Crippen LogP contribution in [0.3, 0.4) is 0 Å². The normalized spacial score (nSPS) is 10.8. The number of nitrogens with zero attached hydrogens (tertiary/aromatic N) is 1. The van der Waals surface area contributed by atoms with E-state index in [9.17, 15) is 9.59 Å². The van der Waals surface area contributed by atoms with Crippen molar-refractivity contribution in [2.24, 2.45) is 0 Å². The largest absolute Gasteiger partial charge is 0.497 e. The molecule has 0 radical (unpaired) electrons. The Labute approximate surface area is 192 Å². The molecule has 0 saturated heterocycles. The fraction of sp³-hybridized carbons (Fsp3) is 0.240. The summed E-state index contributed by atoms with van der Waals surface area (Å²) in [6.07, 6.45) is 1.05. The maximum atomic E-state index is 12.5. The lowest BCUT2D eigenvalue weighted by Crippen LogP contribution is -2.27. The molecule has 2 aromatic carbocycles. The van der Waals surface area contributed by atoms with Crippen LogP contribution in [0.25, 0.3) is 0 Å². The summed E-state index contributed by atoms with van der Waals surface area (Å²) in [5.74, 6) is 1.46. The van der Waals surface area contributed by atoms with Crippen LogP contribution < -0.4 is 20.1 Å². The molecular weight excluding hydrogens is 422 g/mol. The summed E-state index contributed by atoms with van der Waals surface area (Å²) in [6.45, 7) is 5.63. The molecule has 0 aliphatic rings. The summed E-state index contributed by atoms with van der Waals surface area (Å²) >= 11 is 0. The van der Waals surface area contributed by atoms with Gasteiger partial charge in [-0.15, -0.1) is 0 Å². The van der Waals surface area contributed by atoms with Gasteiger partial charge in [-0.1, -0.05) is 18.2 Å². The molecule has 0 bridgehead atoms. The van der Waals surface area contributed by atoms with Crippen LogP contribution in [0.15, 0.2) is 66.9 Å². The van der Waals surface area contributed by atoms with Gasteiger partial charge in [0.25, 0.3) is 5.91 Å². The van der Waals surface area contributed by atoms with E-state index in [1.54, 1.807) is 70.5 Å². The SMILES string of the molecule is COc1cccc(Oc2ccc(CNC(=O)c3cccc(NC(=O)OC(C)(C)C)c3)cn2)c1. The second kappa shape index (κ2) is 10.5. The molecule has 1 aromatic heterocycles. The number of hydrogen-bond acceptors (Lipinski definition) is 6. The van der Waals surface area contributed by atoms with Crippen LogP contribution in [-0.2, 0) is 11.3 Å². The molecule has 8 nitrogen and oxygen atoms in total. The van der Waals surface area contributed by atoms with Gasteiger partial charge < -0.3 is 19.5 Å². The highest BCUT2D eigenvalue weighted by Crippen LogP contribution is 2.23. The molecule has 33 heavy (non-hydrogen) atoms. The van der Waals surface area contributed by atoms with E-state index in [2.05, 4.69) is 15.6 Å². The predicted octanol–water partition coefficient (Wildman–Crippen LogP) is 5.16. The summed E-state index contributed by atoms with van der Waals surface area (Å²) in [4.78, 5) is 28.8. The zero-order valence-electron chi connectivity index (χ0n) is 19.0. The van der Waals surface area contributed by atoms with Gasteiger partial charge in [-0.3, -0.25) is 10.1 Å². The maximum Gasteiger partial charge on any atom is 0.412 e. The van der Waals surface area contributed by atoms with Crippen LogP contribution in [0.4, 0.5) is 10.5 Å². The average Bonchev–Trinajstić information content (AvgIpc) is 2.77. The minimum absolute atomic E-state index is 0.278. The number of carbonyl (C=O) groups excluding carboxylic acids is 2. The van der Waals surface area contributed by atoms with Crippen LogP contribution in [0.5, 0.6) is 17.4 Å². The third kappa shape index (κ3) is 7.53. The number of rotatable bonds is 7. The van der Waals surface area contributed by atoms with Crippen LogP contribution in [-0.4, -0.2) is 29.7 Å². The highest BCUT2D eigenvalue weighted by molar-refractivity contribution is 5.96. The second-order valence-corrected chi connectivity index (χ2v) is 8.18. The molecule has 0 aliphatic heterocycles. The molecule has 3 aromatic rings. The van der Waals surface area contributed by atoms with Crippen LogP contribution in [0.2, 0.25) is 0 Å². The first kappa shape index (κ1) is 23.6. The Kier molecular flexibility index (Phi) is 7.50. The monoisotopic (exact) mass is 449 g/mol. The van der Waals surface area contributed by atoms with Crippen molar-refractivity contribution in [3.05, 3.63) is 78.0 Å². The number of aromatic nitrogens is 1. The van der Waals surface area contributed by atoms with E-state index in [0.717, 1.165) is 5.56 Å². The van der Waals surface area contributed by atoms with Gasteiger partial charge >= 0.3 is 6.09 Å². The van der Waals surface area contributed by atoms with E-state index >= 15 is 0 Å². The van der Waals surface area contributed by atoms with Crippen LogP contribution >= 0.6 is 0 Å². The van der Waals surface area contributed by atoms with Gasteiger partial charge in [-0.25, -0.2) is 9.78 Å². The number of nitrogens with one attached hydrogen (secondary N) is 2. The number of benzene rings is 2. The number of carbonyl (C=O) groups is 2. The van der Waals surface area contributed by atoms with Gasteiger partial charge in [0, 0.05) is 36.1 Å². The Balaban J connectivity index is 1.54. The van der Waals surface area contributed by atoms with Crippen LogP contribution in [0.1, 0.15) is 36.7 Å². The summed E-state index contributed by atoms with van der Waals surface area (Å²) in [6, 6.07) is 17.4. The Hall–Kier alpha value is -4.07. The molecule has 1 heterocycles. The molecule has 2 amide bonds. The van der Waals surface area contributed by atoms with Gasteiger partial charge in [0.15, 0.2) is 0 Å². The summed E-state index contributed by atoms with van der Waals surface area (Å²) in [5, 5.41) is 5.47. The summed E-state index contributed by atoms with van der Waals surface area (Å²) in [5.41, 5.74) is 1.08. The van der Waals surface area contributed by atoms with Crippen molar-refractivity contribution in [2.45, 2.75) is 32.9 Å². The van der Waals surface area contributed by atoms with Gasteiger partial charge in [0.1, 0.15) is 17.1 Å². The molecule has 0 aliphatic carbocycles. The van der Waals surface area contributed by atoms with Crippen molar-refractivity contribution in [3.63, 3.8) is 0 Å². The lowest BCUT2D eigenvalue weighted by Gasteiger charge is -2.19. The first-order valence-electron chi connectivity index (χ1n) is 10.4. The smallest absolute Gasteiger partial charge is 0.412 e. The van der Waals surface area contributed by atoms with Gasteiger partial charge in [-0.2, -0.15) is 0 Å². The lowest BCUT2D eigenvalue weighted by molar-refractivity contribution is 0.0635. The Morgan fingerprint density at radius 3 is 2.42 bits per heavy atom. The van der Waals surface area contributed by atoms with Crippen LogP contribution in [0, 0.1) is 0 Å². The van der Waals surface area contributed by atoms with E-state index in [-0.39, 0.29) is 12.5 Å². The van der Waals surface area contributed by atoms with E-state index in [1.807, 2.05) is 24.3 Å². The molecule has 0 saturated carbocycles. The molecule has 0 fully saturated rings. The molecular formula is C25H27N3O5. The fourth-order valence-electron chi connectivity index (χ4n) is 2.81. The average molecular weight is 450 g/mol. The third-order valence-electron chi connectivity index (χ3n) is 4.28. The molecule has 0 spiro atoms. The van der Waals surface area contributed by atoms with E-state index in [0.29, 0.717) is 28.6 Å². The standard InChI is InChI=1S/C25H27N3O5/c1-25(2,3)33-24(30)28-19-8-5-7-18(13-19)23(29)27-16-17-11-12-22(26-15-17)32-21-10-6-9-20(14-21)31-4/h5-15H,16H2,1-4H3,(H,27,29)(H,28,30). The van der Waals surface area contributed by atoms with E-state index < -0.39 is 11.7 Å². The summed E-state index contributed by atoms with van der Waals surface area (Å²) in [7, 11) is 1.59. The van der Waals surface area contributed by atoms with Crippen molar-refractivity contribution in [2.75, 3.05) is 12.4 Å². The Bertz CT molecular complexity index is 1110. The molecule has 172 valence electrons. The highest BCUT2D eigenvalue weighted by atomic mass is 16.6. The van der Waals surface area contributed by atoms with E-state index in [1.165, 1.54) is 0 Å². The van der Waals surface area contributed by atoms with Crippen molar-refractivity contribution < 1.29 is 23.8 Å². The molecule has 8 heteroatoms. The quantitative estimate of drug-likeness (QED) is 0.517. The number of pyridine rings is 1. The van der Waals surface area contributed by atoms with Gasteiger partial charge in [0.05, 0.1) is 7.11 Å². The van der Waals surface area contributed by atoms with Crippen molar-refractivity contribution >= 4 is 17.7 Å². The minimum atomic E-state index is -0.609. The first-order chi connectivity index (χ1) is 15.7. The molecule has 2 N–H and O–H groups in total. The Morgan fingerprint density at radius 2 is 1.73 bits per heavy atom. The summed E-state index contributed by atoms with van der Waals surface area (Å²) < 4.78 is 16.1. The highest BCUT2D eigenvalue weighted by Gasteiger charge is 2.16. The lowest BCUT2D eigenvalue weighted by atomic mass is 10.2. The third-order valence-corrected chi connectivity index (χ3v) is 4.28. The van der Waals surface area contributed by atoms with Crippen molar-refractivity contribution in [1.29, 1.82) is 0 Å². The zero-order valence-corrected chi connectivity index (χ0v) is 19.0. The van der Waals surface area contributed by atoms with Gasteiger partial charge in [-0.05, 0) is 56.7 Å². The molecule has 0 atom stereocenters. The topological polar surface area (TPSA) is 98.8 Å². The number of anilines is 1. The first-order valence-corrected chi connectivity index (χ1v) is 10.4. The fourth-order valence-corrected chi connectivity index (χ4v) is 2.81. The Morgan fingerprint density at radius 1 is 0.970 bits per heavy atom. The zero-order chi connectivity index (χ0) is 23.8. The number of hydrogen-bond donors (Lipinski definition) is 2. The minimum Gasteiger partial charge on any atom is -0.497 e. The molecule has 0 unspecified atom stereocenters. The van der Waals surface area contributed by atoms with Crippen molar-refractivity contribution in [1.82, 2.24) is 10.3 Å². The van der Waals surface area contributed by atoms with Gasteiger partial charge in [0.2, 0.25) is 5.88 Å². The predicted molar refractivity (Wildman–Crippen MR) is 125 cm³/mol. The number of methoxy groups -OCH3 is 1. The van der Waals surface area contributed by atoms with Crippen molar-refractivity contribution in [3.8, 4) is 17.4 Å². The maximum absolute atomic E-state index is 12.5. The molecule has 3 rings (SSSR count).